The maximum atomic E-state index is 12.8. The molecule has 1 aliphatic rings. The van der Waals surface area contributed by atoms with Gasteiger partial charge < -0.3 is 9.47 Å². The Morgan fingerprint density at radius 2 is 1.67 bits per heavy atom. The Labute approximate surface area is 157 Å². The minimum Gasteiger partial charge on any atom is -0.427 e. The molecule has 0 N–H and O–H groups in total. The first kappa shape index (κ1) is 19.5. The molecule has 1 aliphatic heterocycles. The molecule has 0 unspecified atom stereocenters. The molecule has 8 heteroatoms. The van der Waals surface area contributed by atoms with Crippen LogP contribution >= 0.6 is 0 Å². The van der Waals surface area contributed by atoms with E-state index in [9.17, 15) is 17.6 Å². The molecule has 0 saturated carbocycles. The zero-order chi connectivity index (χ0) is 19.3. The topological polar surface area (TPSA) is 72.9 Å². The molecule has 6 nitrogen and oxygen atoms in total. The number of aryl methyl sites for hydroxylation is 1. The van der Waals surface area contributed by atoms with E-state index in [4.69, 9.17) is 9.47 Å². The van der Waals surface area contributed by atoms with Gasteiger partial charge in [-0.3, -0.25) is 4.79 Å². The van der Waals surface area contributed by atoms with Gasteiger partial charge in [-0.25, -0.2) is 12.8 Å². The van der Waals surface area contributed by atoms with E-state index >= 15 is 0 Å². The fourth-order valence-electron chi connectivity index (χ4n) is 2.70. The fraction of sp³-hybridized carbons (Fsp3) is 0.316. The maximum Gasteiger partial charge on any atom is 0.311 e. The van der Waals surface area contributed by atoms with Crippen molar-refractivity contribution in [3.05, 3.63) is 59.9 Å². The summed E-state index contributed by atoms with van der Waals surface area (Å²) in [7, 11) is -3.52. The summed E-state index contributed by atoms with van der Waals surface area (Å²) in [6.07, 6.45) is 0.546. The second-order valence-corrected chi connectivity index (χ2v) is 8.03. The van der Waals surface area contributed by atoms with Gasteiger partial charge in [-0.2, -0.15) is 4.31 Å². The Kier molecular flexibility index (Phi) is 6.20. The summed E-state index contributed by atoms with van der Waals surface area (Å²) in [5, 5.41) is 0. The molecule has 0 radical (unpaired) electrons. The normalized spacial score (nSPS) is 15.4. The number of carbonyl (C=O) groups excluding carboxylic acids is 1. The predicted molar refractivity (Wildman–Crippen MR) is 96.4 cm³/mol. The standard InChI is InChI=1S/C19H20FNO5S/c20-16-4-6-17(7-5-16)26-19(22)10-3-15-1-8-18(9-2-15)27(23,24)21-11-13-25-14-12-21/h1-2,4-9H,3,10-14H2. The van der Waals surface area contributed by atoms with Gasteiger partial charge in [0, 0.05) is 19.5 Å². The highest BCUT2D eigenvalue weighted by Crippen LogP contribution is 2.18. The van der Waals surface area contributed by atoms with Gasteiger partial charge in [0.25, 0.3) is 0 Å². The molecule has 2 aromatic carbocycles. The molecule has 1 saturated heterocycles. The number of esters is 1. The van der Waals surface area contributed by atoms with Crippen LogP contribution in [0, 0.1) is 5.82 Å². The van der Waals surface area contributed by atoms with Crippen molar-refractivity contribution < 1.29 is 27.1 Å². The van der Waals surface area contributed by atoms with Crippen molar-refractivity contribution >= 4 is 16.0 Å². The molecule has 3 rings (SSSR count). The lowest BCUT2D eigenvalue weighted by Crippen LogP contribution is -2.40. The van der Waals surface area contributed by atoms with E-state index in [1.165, 1.54) is 28.6 Å². The number of rotatable bonds is 6. The van der Waals surface area contributed by atoms with Crippen molar-refractivity contribution in [1.29, 1.82) is 0 Å². The lowest BCUT2D eigenvalue weighted by atomic mass is 10.1. The molecule has 1 heterocycles. The zero-order valence-electron chi connectivity index (χ0n) is 14.6. The molecule has 0 bridgehead atoms. The van der Waals surface area contributed by atoms with Crippen molar-refractivity contribution in [2.45, 2.75) is 17.7 Å². The molecule has 27 heavy (non-hydrogen) atoms. The Morgan fingerprint density at radius 1 is 1.04 bits per heavy atom. The highest BCUT2D eigenvalue weighted by Gasteiger charge is 2.26. The predicted octanol–water partition coefficient (Wildman–Crippen LogP) is 2.38. The van der Waals surface area contributed by atoms with E-state index in [-0.39, 0.29) is 17.1 Å². The summed E-state index contributed by atoms with van der Waals surface area (Å²) in [6.45, 7) is 1.49. The van der Waals surface area contributed by atoms with Crippen LogP contribution in [-0.4, -0.2) is 45.0 Å². The number of hydrogen-bond donors (Lipinski definition) is 0. The highest BCUT2D eigenvalue weighted by molar-refractivity contribution is 7.89. The maximum absolute atomic E-state index is 12.8. The summed E-state index contributed by atoms with van der Waals surface area (Å²) in [5.74, 6) is -0.554. The van der Waals surface area contributed by atoms with E-state index in [1.54, 1.807) is 24.3 Å². The van der Waals surface area contributed by atoms with Crippen LogP contribution in [0.5, 0.6) is 5.75 Å². The third-order valence-corrected chi connectivity index (χ3v) is 6.11. The third-order valence-electron chi connectivity index (χ3n) is 4.19. The monoisotopic (exact) mass is 393 g/mol. The number of halogens is 1. The van der Waals surface area contributed by atoms with E-state index in [0.717, 1.165) is 5.56 Å². The van der Waals surface area contributed by atoms with Crippen molar-refractivity contribution in [3.8, 4) is 5.75 Å². The van der Waals surface area contributed by atoms with Crippen molar-refractivity contribution in [1.82, 2.24) is 4.31 Å². The molecule has 0 atom stereocenters. The van der Waals surface area contributed by atoms with Crippen LogP contribution in [-0.2, 0) is 26.0 Å². The first-order valence-corrected chi connectivity index (χ1v) is 10.0. The zero-order valence-corrected chi connectivity index (χ0v) is 15.5. The molecular formula is C19H20FNO5S. The van der Waals surface area contributed by atoms with Crippen LogP contribution in [0.25, 0.3) is 0 Å². The molecule has 2 aromatic rings. The van der Waals surface area contributed by atoms with Gasteiger partial charge in [0.2, 0.25) is 10.0 Å². The van der Waals surface area contributed by atoms with Crippen LogP contribution < -0.4 is 4.74 Å². The van der Waals surface area contributed by atoms with Crippen LogP contribution in [0.4, 0.5) is 4.39 Å². The Bertz CT molecular complexity index is 875. The van der Waals surface area contributed by atoms with E-state index < -0.39 is 21.8 Å². The number of benzene rings is 2. The summed E-state index contributed by atoms with van der Waals surface area (Å²) in [5.41, 5.74) is 0.826. The number of carbonyl (C=O) groups is 1. The third kappa shape index (κ3) is 5.12. The van der Waals surface area contributed by atoms with Gasteiger partial charge in [0.15, 0.2) is 0 Å². The average Bonchev–Trinajstić information content (AvgIpc) is 2.69. The van der Waals surface area contributed by atoms with E-state index in [2.05, 4.69) is 0 Å². The summed E-state index contributed by atoms with van der Waals surface area (Å²) in [4.78, 5) is 12.1. The van der Waals surface area contributed by atoms with Gasteiger partial charge >= 0.3 is 5.97 Å². The minimum absolute atomic E-state index is 0.132. The smallest absolute Gasteiger partial charge is 0.311 e. The summed E-state index contributed by atoms with van der Waals surface area (Å²) in [6, 6.07) is 11.7. The molecular weight excluding hydrogens is 373 g/mol. The molecule has 1 fully saturated rings. The largest absolute Gasteiger partial charge is 0.427 e. The van der Waals surface area contributed by atoms with Gasteiger partial charge in [-0.05, 0) is 48.4 Å². The van der Waals surface area contributed by atoms with Crippen molar-refractivity contribution in [2.75, 3.05) is 26.3 Å². The average molecular weight is 393 g/mol. The van der Waals surface area contributed by atoms with Gasteiger partial charge in [-0.1, -0.05) is 12.1 Å². The summed E-state index contributed by atoms with van der Waals surface area (Å²) < 4.78 is 49.7. The van der Waals surface area contributed by atoms with Gasteiger partial charge in [0.05, 0.1) is 18.1 Å². The van der Waals surface area contributed by atoms with Crippen LogP contribution in [0.2, 0.25) is 0 Å². The van der Waals surface area contributed by atoms with E-state index in [0.29, 0.717) is 32.7 Å². The highest BCUT2D eigenvalue weighted by atomic mass is 32.2. The first-order valence-electron chi connectivity index (χ1n) is 8.58. The Balaban J connectivity index is 1.55. The SMILES string of the molecule is O=C(CCc1ccc(S(=O)(=O)N2CCOCC2)cc1)Oc1ccc(F)cc1. The lowest BCUT2D eigenvalue weighted by Gasteiger charge is -2.26. The molecule has 0 aliphatic carbocycles. The lowest BCUT2D eigenvalue weighted by molar-refractivity contribution is -0.134. The fourth-order valence-corrected chi connectivity index (χ4v) is 4.10. The quantitative estimate of drug-likeness (QED) is 0.557. The second-order valence-electron chi connectivity index (χ2n) is 6.09. The Hall–Kier alpha value is -2.29. The summed E-state index contributed by atoms with van der Waals surface area (Å²) >= 11 is 0. The second kappa shape index (κ2) is 8.60. The van der Waals surface area contributed by atoms with Crippen molar-refractivity contribution in [2.24, 2.45) is 0 Å². The van der Waals surface area contributed by atoms with Crippen LogP contribution in [0.3, 0.4) is 0 Å². The molecule has 0 aromatic heterocycles. The number of nitrogens with zero attached hydrogens (tertiary/aromatic N) is 1. The van der Waals surface area contributed by atoms with Gasteiger partial charge in [-0.15, -0.1) is 0 Å². The minimum atomic E-state index is -3.52. The first-order chi connectivity index (χ1) is 12.9. The number of morpholine rings is 1. The molecule has 0 amide bonds. The van der Waals surface area contributed by atoms with Gasteiger partial charge in [0.1, 0.15) is 11.6 Å². The molecule has 144 valence electrons. The number of ether oxygens (including phenoxy) is 2. The van der Waals surface area contributed by atoms with Crippen LogP contribution in [0.1, 0.15) is 12.0 Å². The molecule has 0 spiro atoms. The van der Waals surface area contributed by atoms with E-state index in [1.807, 2.05) is 0 Å². The number of sulfonamides is 1. The number of hydrogen-bond acceptors (Lipinski definition) is 5. The van der Waals surface area contributed by atoms with Crippen LogP contribution in [0.15, 0.2) is 53.4 Å². The van der Waals surface area contributed by atoms with Crippen molar-refractivity contribution in [3.63, 3.8) is 0 Å². The Morgan fingerprint density at radius 3 is 2.30 bits per heavy atom.